The van der Waals surface area contributed by atoms with Gasteiger partial charge in [0.2, 0.25) is 0 Å². The van der Waals surface area contributed by atoms with Gasteiger partial charge in [0.1, 0.15) is 0 Å². The van der Waals surface area contributed by atoms with Crippen molar-refractivity contribution < 1.29 is 0 Å². The van der Waals surface area contributed by atoms with E-state index in [1.165, 1.54) is 24.9 Å². The van der Waals surface area contributed by atoms with Crippen LogP contribution in [0.5, 0.6) is 0 Å². The fraction of sp³-hybridized carbons (Fsp3) is 0.474. The van der Waals surface area contributed by atoms with Crippen LogP contribution in [0, 0.1) is 0 Å². The maximum absolute atomic E-state index is 4.33. The van der Waals surface area contributed by atoms with Crippen molar-refractivity contribution in [3.8, 4) is 0 Å². The van der Waals surface area contributed by atoms with Crippen LogP contribution in [0.2, 0.25) is 0 Å². The molecule has 26 heavy (non-hydrogen) atoms. The molecule has 1 fully saturated rings. The van der Waals surface area contributed by atoms with Crippen LogP contribution in [0.1, 0.15) is 24.1 Å². The molecule has 0 radical (unpaired) electrons. The van der Waals surface area contributed by atoms with Crippen molar-refractivity contribution in [2.45, 2.75) is 32.0 Å². The molecule has 7 heteroatoms. The van der Waals surface area contributed by atoms with E-state index < -0.39 is 0 Å². The molecule has 1 aromatic carbocycles. The standard InChI is InChI=1S/C19H28N6.HI/c1-20-19(21-13-17-10-11-23-24(17)2)22-14-18-9-6-12-25(18)15-16-7-4-3-5-8-16;/h3-5,7-8,10-11,18H,6,9,12-15H2,1-2H3,(H2,20,21,22);1H. The summed E-state index contributed by atoms with van der Waals surface area (Å²) in [4.78, 5) is 6.90. The summed E-state index contributed by atoms with van der Waals surface area (Å²) in [5, 5.41) is 11.0. The minimum atomic E-state index is 0. The fourth-order valence-corrected chi connectivity index (χ4v) is 3.34. The Kier molecular flexibility index (Phi) is 8.37. The van der Waals surface area contributed by atoms with Crippen LogP contribution in [0.15, 0.2) is 47.6 Å². The highest BCUT2D eigenvalue weighted by molar-refractivity contribution is 14.0. The zero-order valence-corrected chi connectivity index (χ0v) is 17.9. The number of aryl methyl sites for hydroxylation is 1. The molecule has 1 aliphatic rings. The number of halogens is 1. The molecule has 2 N–H and O–H groups in total. The van der Waals surface area contributed by atoms with Gasteiger partial charge in [0.25, 0.3) is 0 Å². The molecule has 142 valence electrons. The Morgan fingerprint density at radius 3 is 2.73 bits per heavy atom. The quantitative estimate of drug-likeness (QED) is 0.389. The minimum absolute atomic E-state index is 0. The van der Waals surface area contributed by atoms with E-state index in [0.29, 0.717) is 12.6 Å². The monoisotopic (exact) mass is 468 g/mol. The third-order valence-electron chi connectivity index (χ3n) is 4.82. The molecule has 0 bridgehead atoms. The zero-order valence-electron chi connectivity index (χ0n) is 15.6. The molecule has 0 saturated carbocycles. The first-order chi connectivity index (χ1) is 12.3. The largest absolute Gasteiger partial charge is 0.355 e. The predicted octanol–water partition coefficient (Wildman–Crippen LogP) is 2.37. The number of hydrogen-bond donors (Lipinski definition) is 2. The summed E-state index contributed by atoms with van der Waals surface area (Å²) in [5.41, 5.74) is 2.52. The summed E-state index contributed by atoms with van der Waals surface area (Å²) in [5.74, 6) is 0.841. The van der Waals surface area contributed by atoms with Crippen LogP contribution < -0.4 is 10.6 Å². The van der Waals surface area contributed by atoms with Gasteiger partial charge >= 0.3 is 0 Å². The third-order valence-corrected chi connectivity index (χ3v) is 4.82. The predicted molar refractivity (Wildman–Crippen MR) is 117 cm³/mol. The maximum atomic E-state index is 4.33. The van der Waals surface area contributed by atoms with E-state index in [0.717, 1.165) is 24.7 Å². The Morgan fingerprint density at radius 1 is 1.23 bits per heavy atom. The summed E-state index contributed by atoms with van der Waals surface area (Å²) in [6.45, 7) is 3.82. The average Bonchev–Trinajstić information content (AvgIpc) is 3.25. The third kappa shape index (κ3) is 5.70. The van der Waals surface area contributed by atoms with Gasteiger partial charge in [0.05, 0.1) is 12.2 Å². The highest BCUT2D eigenvalue weighted by Crippen LogP contribution is 2.19. The van der Waals surface area contributed by atoms with E-state index in [-0.39, 0.29) is 24.0 Å². The summed E-state index contributed by atoms with van der Waals surface area (Å²) < 4.78 is 1.87. The van der Waals surface area contributed by atoms with Crippen molar-refractivity contribution in [2.24, 2.45) is 12.0 Å². The average molecular weight is 468 g/mol. The fourth-order valence-electron chi connectivity index (χ4n) is 3.34. The SMILES string of the molecule is CN=C(NCc1ccnn1C)NCC1CCCN1Cc1ccccc1.I. The highest BCUT2D eigenvalue weighted by Gasteiger charge is 2.24. The first-order valence-corrected chi connectivity index (χ1v) is 8.95. The smallest absolute Gasteiger partial charge is 0.191 e. The minimum Gasteiger partial charge on any atom is -0.355 e. The summed E-state index contributed by atoms with van der Waals surface area (Å²) in [6.07, 6.45) is 4.31. The van der Waals surface area contributed by atoms with Gasteiger partial charge in [0, 0.05) is 39.4 Å². The zero-order chi connectivity index (χ0) is 17.5. The molecule has 1 saturated heterocycles. The number of hydrogen-bond acceptors (Lipinski definition) is 3. The molecule has 0 aliphatic carbocycles. The molecular weight excluding hydrogens is 439 g/mol. The second kappa shape index (κ2) is 10.5. The van der Waals surface area contributed by atoms with E-state index in [4.69, 9.17) is 0 Å². The van der Waals surface area contributed by atoms with E-state index in [9.17, 15) is 0 Å². The Morgan fingerprint density at radius 2 is 2.04 bits per heavy atom. The first kappa shape index (κ1) is 20.7. The molecule has 0 amide bonds. The van der Waals surface area contributed by atoms with Crippen LogP contribution in [0.4, 0.5) is 0 Å². The highest BCUT2D eigenvalue weighted by atomic mass is 127. The van der Waals surface area contributed by atoms with Crippen molar-refractivity contribution in [2.75, 3.05) is 20.1 Å². The summed E-state index contributed by atoms with van der Waals surface area (Å²) in [6, 6.07) is 13.3. The van der Waals surface area contributed by atoms with Crippen molar-refractivity contribution in [1.29, 1.82) is 0 Å². The normalized spacial score (nSPS) is 17.8. The van der Waals surface area contributed by atoms with Gasteiger partial charge in [-0.1, -0.05) is 30.3 Å². The molecule has 1 aromatic heterocycles. The molecule has 1 atom stereocenters. The topological polar surface area (TPSA) is 57.5 Å². The summed E-state index contributed by atoms with van der Waals surface area (Å²) in [7, 11) is 3.77. The van der Waals surface area contributed by atoms with Crippen LogP contribution >= 0.6 is 24.0 Å². The number of benzene rings is 1. The van der Waals surface area contributed by atoms with Crippen LogP contribution in [0.25, 0.3) is 0 Å². The van der Waals surface area contributed by atoms with Gasteiger partial charge in [-0.15, -0.1) is 24.0 Å². The molecule has 3 rings (SSSR count). The van der Waals surface area contributed by atoms with E-state index in [1.807, 2.05) is 31.0 Å². The lowest BCUT2D eigenvalue weighted by Crippen LogP contribution is -2.44. The number of aliphatic imine (C=N–C) groups is 1. The van der Waals surface area contributed by atoms with Crippen LogP contribution in [-0.4, -0.2) is 46.8 Å². The molecule has 6 nitrogen and oxygen atoms in total. The number of guanidine groups is 1. The summed E-state index contributed by atoms with van der Waals surface area (Å²) >= 11 is 0. The van der Waals surface area contributed by atoms with E-state index >= 15 is 0 Å². The lowest BCUT2D eigenvalue weighted by atomic mass is 10.2. The number of nitrogens with one attached hydrogen (secondary N) is 2. The second-order valence-electron chi connectivity index (χ2n) is 6.50. The van der Waals surface area contributed by atoms with Gasteiger partial charge in [-0.3, -0.25) is 14.6 Å². The Labute approximate surface area is 173 Å². The molecule has 1 aliphatic heterocycles. The Balaban J connectivity index is 0.00000243. The lowest BCUT2D eigenvalue weighted by molar-refractivity contribution is 0.245. The number of aromatic nitrogens is 2. The number of rotatable bonds is 6. The lowest BCUT2D eigenvalue weighted by Gasteiger charge is -2.25. The van der Waals surface area contributed by atoms with E-state index in [1.54, 1.807) is 0 Å². The van der Waals surface area contributed by atoms with E-state index in [2.05, 4.69) is 56.0 Å². The molecule has 2 aromatic rings. The van der Waals surface area contributed by atoms with Gasteiger partial charge < -0.3 is 10.6 Å². The Bertz CT molecular complexity index is 684. The molecule has 1 unspecified atom stereocenters. The maximum Gasteiger partial charge on any atom is 0.191 e. The van der Waals surface area contributed by atoms with Crippen LogP contribution in [0.3, 0.4) is 0 Å². The van der Waals surface area contributed by atoms with Crippen molar-refractivity contribution >= 4 is 29.9 Å². The van der Waals surface area contributed by atoms with Crippen molar-refractivity contribution in [3.05, 3.63) is 53.9 Å². The van der Waals surface area contributed by atoms with Crippen molar-refractivity contribution in [3.63, 3.8) is 0 Å². The number of nitrogens with zero attached hydrogens (tertiary/aromatic N) is 4. The van der Waals surface area contributed by atoms with Gasteiger partial charge in [-0.2, -0.15) is 5.10 Å². The molecule has 0 spiro atoms. The van der Waals surface area contributed by atoms with Crippen LogP contribution in [-0.2, 0) is 20.1 Å². The second-order valence-corrected chi connectivity index (χ2v) is 6.50. The number of likely N-dealkylation sites (tertiary alicyclic amines) is 1. The molecular formula is C19H29IN6. The Hall–Kier alpha value is -1.61. The van der Waals surface area contributed by atoms with Crippen molar-refractivity contribution in [1.82, 2.24) is 25.3 Å². The molecule has 2 heterocycles. The van der Waals surface area contributed by atoms with Gasteiger partial charge in [-0.25, -0.2) is 0 Å². The first-order valence-electron chi connectivity index (χ1n) is 8.95. The van der Waals surface area contributed by atoms with Gasteiger partial charge in [-0.05, 0) is 31.0 Å². The van der Waals surface area contributed by atoms with Gasteiger partial charge in [0.15, 0.2) is 5.96 Å².